The minimum absolute atomic E-state index is 0.0471. The molecule has 2 atom stereocenters. The van der Waals surface area contributed by atoms with Gasteiger partial charge in [-0.1, -0.05) is 42.5 Å². The molecule has 1 aliphatic heterocycles. The molecule has 1 aliphatic rings. The molecule has 0 radical (unpaired) electrons. The fourth-order valence-corrected chi connectivity index (χ4v) is 2.75. The van der Waals surface area contributed by atoms with E-state index >= 15 is 0 Å². The third kappa shape index (κ3) is 3.06. The van der Waals surface area contributed by atoms with Gasteiger partial charge in [-0.2, -0.15) is 0 Å². The fourth-order valence-electron chi connectivity index (χ4n) is 2.75. The predicted molar refractivity (Wildman–Crippen MR) is 83.1 cm³/mol. The molecule has 3 rings (SSSR count). The van der Waals surface area contributed by atoms with Gasteiger partial charge in [-0.15, -0.1) is 0 Å². The minimum Gasteiger partial charge on any atom is -0.366 e. The van der Waals surface area contributed by atoms with Gasteiger partial charge in [0.25, 0.3) is 5.91 Å². The van der Waals surface area contributed by atoms with Crippen LogP contribution in [-0.4, -0.2) is 31.7 Å². The molecule has 2 aromatic carbocycles. The van der Waals surface area contributed by atoms with Crippen molar-refractivity contribution < 1.29 is 9.53 Å². The number of benzene rings is 2. The lowest BCUT2D eigenvalue weighted by molar-refractivity contribution is -0.134. The van der Waals surface area contributed by atoms with Gasteiger partial charge >= 0.3 is 0 Å². The molecule has 4 nitrogen and oxygen atoms in total. The second kappa shape index (κ2) is 6.24. The van der Waals surface area contributed by atoms with Crippen LogP contribution in [0, 0.1) is 0 Å². The largest absolute Gasteiger partial charge is 0.366 e. The van der Waals surface area contributed by atoms with Gasteiger partial charge in [-0.25, -0.2) is 0 Å². The van der Waals surface area contributed by atoms with E-state index in [2.05, 4.69) is 34.9 Å². The van der Waals surface area contributed by atoms with Crippen molar-refractivity contribution in [1.29, 1.82) is 0 Å². The van der Waals surface area contributed by atoms with E-state index in [9.17, 15) is 4.79 Å². The maximum atomic E-state index is 12.2. The lowest BCUT2D eigenvalue weighted by atomic mass is 9.99. The molecule has 1 unspecified atom stereocenters. The highest BCUT2D eigenvalue weighted by atomic mass is 16.5. The van der Waals surface area contributed by atoms with Gasteiger partial charge in [-0.05, 0) is 23.3 Å². The van der Waals surface area contributed by atoms with Crippen molar-refractivity contribution in [2.24, 2.45) is 0 Å². The number of hydrogen-bond donors (Lipinski definition) is 2. The Morgan fingerprint density at radius 1 is 1.29 bits per heavy atom. The third-order valence-electron chi connectivity index (χ3n) is 3.87. The Hall–Kier alpha value is -1.91. The van der Waals surface area contributed by atoms with Crippen LogP contribution in [0.4, 0.5) is 0 Å². The van der Waals surface area contributed by atoms with Crippen LogP contribution in [0.3, 0.4) is 0 Å². The summed E-state index contributed by atoms with van der Waals surface area (Å²) in [6.07, 6.45) is -0.392. The van der Waals surface area contributed by atoms with Crippen molar-refractivity contribution >= 4 is 16.7 Å². The maximum absolute atomic E-state index is 12.2. The van der Waals surface area contributed by atoms with Crippen molar-refractivity contribution in [3.05, 3.63) is 48.0 Å². The molecule has 0 aromatic heterocycles. The summed E-state index contributed by atoms with van der Waals surface area (Å²) in [5.41, 5.74) is 1.13. The van der Waals surface area contributed by atoms with Crippen molar-refractivity contribution in [3.8, 4) is 0 Å². The van der Waals surface area contributed by atoms with Gasteiger partial charge in [-0.3, -0.25) is 4.79 Å². The van der Waals surface area contributed by atoms with Crippen LogP contribution in [0.1, 0.15) is 18.5 Å². The summed E-state index contributed by atoms with van der Waals surface area (Å²) in [5.74, 6) is -0.0531. The second-order valence-corrected chi connectivity index (χ2v) is 5.36. The van der Waals surface area contributed by atoms with E-state index in [1.54, 1.807) is 0 Å². The Morgan fingerprint density at radius 3 is 2.90 bits per heavy atom. The first kappa shape index (κ1) is 14.0. The van der Waals surface area contributed by atoms with E-state index in [1.807, 2.05) is 25.1 Å². The molecule has 0 saturated carbocycles. The van der Waals surface area contributed by atoms with Gasteiger partial charge < -0.3 is 15.4 Å². The van der Waals surface area contributed by atoms with E-state index in [0.29, 0.717) is 13.2 Å². The lowest BCUT2D eigenvalue weighted by Gasteiger charge is -2.25. The van der Waals surface area contributed by atoms with Crippen molar-refractivity contribution in [2.75, 3.05) is 19.7 Å². The maximum Gasteiger partial charge on any atom is 0.250 e. The summed E-state index contributed by atoms with van der Waals surface area (Å²) in [7, 11) is 0. The number of hydrogen-bond acceptors (Lipinski definition) is 3. The molecule has 1 heterocycles. The number of amides is 1. The first-order valence-electron chi connectivity index (χ1n) is 7.36. The highest BCUT2D eigenvalue weighted by molar-refractivity contribution is 5.87. The first-order chi connectivity index (χ1) is 10.3. The van der Waals surface area contributed by atoms with Crippen LogP contribution in [0.5, 0.6) is 0 Å². The number of ether oxygens (including phenoxy) is 1. The van der Waals surface area contributed by atoms with E-state index in [4.69, 9.17) is 4.74 Å². The lowest BCUT2D eigenvalue weighted by Crippen LogP contribution is -2.48. The Labute approximate surface area is 124 Å². The Balaban J connectivity index is 1.77. The molecule has 0 spiro atoms. The Morgan fingerprint density at radius 2 is 2.10 bits per heavy atom. The molecule has 0 bridgehead atoms. The summed E-state index contributed by atoms with van der Waals surface area (Å²) in [6, 6.07) is 14.3. The van der Waals surface area contributed by atoms with Crippen molar-refractivity contribution in [1.82, 2.24) is 10.6 Å². The molecule has 1 saturated heterocycles. The normalized spacial score (nSPS) is 20.1. The standard InChI is InChI=1S/C17H20N2O2/c1-12(19-17(20)16-11-18-9-10-21-16)14-8-4-6-13-5-2-3-7-15(13)14/h2-8,12,16,18H,9-11H2,1H3,(H,19,20)/t12-,16?/m0/s1. The molecule has 0 aliphatic carbocycles. The van der Waals surface area contributed by atoms with Gasteiger partial charge in [0.05, 0.1) is 12.6 Å². The fraction of sp³-hybridized carbons (Fsp3) is 0.353. The SMILES string of the molecule is C[C@H](NC(=O)C1CNCCO1)c1cccc2ccccc12. The van der Waals surface area contributed by atoms with Crippen LogP contribution >= 0.6 is 0 Å². The summed E-state index contributed by atoms with van der Waals surface area (Å²) in [5, 5.41) is 8.59. The van der Waals surface area contributed by atoms with Crippen LogP contribution in [0.25, 0.3) is 10.8 Å². The van der Waals surface area contributed by atoms with Crippen LogP contribution in [-0.2, 0) is 9.53 Å². The monoisotopic (exact) mass is 284 g/mol. The predicted octanol–water partition coefficient (Wildman–Crippen LogP) is 2.01. The van der Waals surface area contributed by atoms with Gasteiger partial charge in [0.15, 0.2) is 0 Å². The van der Waals surface area contributed by atoms with Gasteiger partial charge in [0.2, 0.25) is 0 Å². The summed E-state index contributed by atoms with van der Waals surface area (Å²) in [6.45, 7) is 3.98. The zero-order chi connectivity index (χ0) is 14.7. The zero-order valence-corrected chi connectivity index (χ0v) is 12.1. The number of carbonyl (C=O) groups is 1. The summed E-state index contributed by atoms with van der Waals surface area (Å²) in [4.78, 5) is 12.2. The molecule has 1 fully saturated rings. The molecule has 2 aromatic rings. The van der Waals surface area contributed by atoms with Gasteiger partial charge in [0.1, 0.15) is 6.10 Å². The number of rotatable bonds is 3. The average Bonchev–Trinajstić information content (AvgIpc) is 2.55. The van der Waals surface area contributed by atoms with Gasteiger partial charge in [0, 0.05) is 13.1 Å². The molecular formula is C17H20N2O2. The summed E-state index contributed by atoms with van der Waals surface area (Å²) >= 11 is 0. The van der Waals surface area contributed by atoms with E-state index in [-0.39, 0.29) is 11.9 Å². The smallest absolute Gasteiger partial charge is 0.250 e. The summed E-state index contributed by atoms with van der Waals surface area (Å²) < 4.78 is 5.49. The molecule has 4 heteroatoms. The topological polar surface area (TPSA) is 50.4 Å². The van der Waals surface area contributed by atoms with Crippen LogP contribution in [0.2, 0.25) is 0 Å². The number of fused-ring (bicyclic) bond motifs is 1. The van der Waals surface area contributed by atoms with E-state index in [1.165, 1.54) is 10.8 Å². The molecule has 110 valence electrons. The highest BCUT2D eigenvalue weighted by Crippen LogP contribution is 2.24. The zero-order valence-electron chi connectivity index (χ0n) is 12.1. The van der Waals surface area contributed by atoms with E-state index < -0.39 is 6.10 Å². The second-order valence-electron chi connectivity index (χ2n) is 5.36. The number of nitrogens with one attached hydrogen (secondary N) is 2. The molecule has 1 amide bonds. The molecule has 2 N–H and O–H groups in total. The van der Waals surface area contributed by atoms with Crippen molar-refractivity contribution in [3.63, 3.8) is 0 Å². The van der Waals surface area contributed by atoms with Crippen LogP contribution < -0.4 is 10.6 Å². The number of morpholine rings is 1. The average molecular weight is 284 g/mol. The first-order valence-corrected chi connectivity index (χ1v) is 7.36. The third-order valence-corrected chi connectivity index (χ3v) is 3.87. The minimum atomic E-state index is -0.392. The van der Waals surface area contributed by atoms with Crippen LogP contribution in [0.15, 0.2) is 42.5 Å². The Kier molecular flexibility index (Phi) is 4.18. The molecule has 21 heavy (non-hydrogen) atoms. The van der Waals surface area contributed by atoms with Crippen molar-refractivity contribution in [2.45, 2.75) is 19.1 Å². The number of carbonyl (C=O) groups excluding carboxylic acids is 1. The highest BCUT2D eigenvalue weighted by Gasteiger charge is 2.23. The Bertz CT molecular complexity index is 630. The van der Waals surface area contributed by atoms with E-state index in [0.717, 1.165) is 12.1 Å². The molecular weight excluding hydrogens is 264 g/mol. The quantitative estimate of drug-likeness (QED) is 0.906.